The van der Waals surface area contributed by atoms with Crippen molar-refractivity contribution in [3.05, 3.63) is 96.3 Å². The monoisotopic (exact) mass is 332 g/mol. The summed E-state index contributed by atoms with van der Waals surface area (Å²) in [5.74, 6) is -0.0991. The number of carbonyl (C=O) groups is 1. The average Bonchev–Trinajstić information content (AvgIpc) is 2.65. The van der Waals surface area contributed by atoms with Gasteiger partial charge in [-0.25, -0.2) is 5.01 Å². The fraction of sp³-hybridized carbons (Fsp3) is 0.136. The number of carbonyl (C=O) groups excluding carboxylic acids is 1. The van der Waals surface area contributed by atoms with Crippen molar-refractivity contribution in [1.82, 2.24) is 10.0 Å². The highest BCUT2D eigenvalue weighted by molar-refractivity contribution is 5.92. The van der Waals surface area contributed by atoms with E-state index in [2.05, 4.69) is 6.58 Å². The van der Waals surface area contributed by atoms with E-state index in [1.54, 1.807) is 16.9 Å². The third kappa shape index (κ3) is 5.50. The van der Waals surface area contributed by atoms with Crippen LogP contribution in [0.5, 0.6) is 0 Å². The van der Waals surface area contributed by atoms with Gasteiger partial charge in [-0.3, -0.25) is 9.80 Å². The molecule has 0 atom stereocenters. The fourth-order valence-corrected chi connectivity index (χ4v) is 2.30. The van der Waals surface area contributed by atoms with Crippen LogP contribution in [0.3, 0.4) is 0 Å². The molecule has 0 aliphatic carbocycles. The predicted molar refractivity (Wildman–Crippen MR) is 105 cm³/mol. The lowest BCUT2D eigenvalue weighted by atomic mass is 10.2. The molecule has 0 spiro atoms. The molecule has 0 N–H and O–H groups in total. The molecule has 0 aromatic heterocycles. The quantitative estimate of drug-likeness (QED) is 0.528. The first-order chi connectivity index (χ1) is 12.1. The van der Waals surface area contributed by atoms with Gasteiger partial charge in [0.1, 0.15) is 0 Å². The zero-order valence-electron chi connectivity index (χ0n) is 14.8. The smallest absolute Gasteiger partial charge is 0.267 e. The van der Waals surface area contributed by atoms with Crippen LogP contribution in [-0.2, 0) is 4.79 Å². The van der Waals surface area contributed by atoms with E-state index >= 15 is 0 Å². The molecule has 25 heavy (non-hydrogen) atoms. The van der Waals surface area contributed by atoms with Crippen molar-refractivity contribution in [3.63, 3.8) is 0 Å². The summed E-state index contributed by atoms with van der Waals surface area (Å²) in [7, 11) is 0. The Kier molecular flexibility index (Phi) is 6.78. The zero-order chi connectivity index (χ0) is 18.1. The summed E-state index contributed by atoms with van der Waals surface area (Å²) in [6.07, 6.45) is 7.73. The largest absolute Gasteiger partial charge is 0.268 e. The van der Waals surface area contributed by atoms with Crippen molar-refractivity contribution in [3.8, 4) is 0 Å². The van der Waals surface area contributed by atoms with Crippen molar-refractivity contribution in [1.29, 1.82) is 0 Å². The molecular formula is C22H24N2O. The second-order valence-electron chi connectivity index (χ2n) is 5.63. The molecule has 2 rings (SSSR count). The minimum absolute atomic E-state index is 0.0991. The van der Waals surface area contributed by atoms with E-state index in [-0.39, 0.29) is 5.91 Å². The van der Waals surface area contributed by atoms with E-state index in [1.165, 1.54) is 0 Å². The van der Waals surface area contributed by atoms with Crippen LogP contribution in [0.25, 0.3) is 12.2 Å². The maximum absolute atomic E-state index is 12.5. The van der Waals surface area contributed by atoms with Crippen LogP contribution in [0.2, 0.25) is 0 Å². The lowest BCUT2D eigenvalue weighted by Gasteiger charge is -2.30. The number of benzene rings is 2. The van der Waals surface area contributed by atoms with Gasteiger partial charge in [0.05, 0.1) is 0 Å². The normalized spacial score (nSPS) is 11.0. The Labute approximate surface area is 150 Å². The van der Waals surface area contributed by atoms with Gasteiger partial charge in [0, 0.05) is 24.5 Å². The van der Waals surface area contributed by atoms with Gasteiger partial charge in [-0.1, -0.05) is 67.2 Å². The van der Waals surface area contributed by atoms with Crippen LogP contribution in [0.1, 0.15) is 25.0 Å². The van der Waals surface area contributed by atoms with E-state index in [4.69, 9.17) is 0 Å². The third-order valence-corrected chi connectivity index (χ3v) is 3.62. The van der Waals surface area contributed by atoms with E-state index in [0.717, 1.165) is 11.1 Å². The van der Waals surface area contributed by atoms with Crippen molar-refractivity contribution in [2.24, 2.45) is 0 Å². The van der Waals surface area contributed by atoms with Crippen LogP contribution in [0, 0.1) is 0 Å². The Morgan fingerprint density at radius 3 is 1.72 bits per heavy atom. The molecule has 0 heterocycles. The molecule has 3 nitrogen and oxygen atoms in total. The van der Waals surface area contributed by atoms with Crippen LogP contribution >= 0.6 is 0 Å². The summed E-state index contributed by atoms with van der Waals surface area (Å²) in [6, 6.07) is 20.0. The van der Waals surface area contributed by atoms with Crippen molar-refractivity contribution >= 4 is 18.1 Å². The Balaban J connectivity index is 2.29. The molecule has 0 unspecified atom stereocenters. The van der Waals surface area contributed by atoms with Gasteiger partial charge in [-0.15, -0.1) is 0 Å². The van der Waals surface area contributed by atoms with Crippen molar-refractivity contribution in [2.45, 2.75) is 13.8 Å². The number of hydrogen-bond donors (Lipinski definition) is 0. The number of amides is 1. The Bertz CT molecular complexity index is 699. The SMILES string of the molecule is C=C(C)C(=O)N(CC)N(C=Cc1ccccc1)C=Cc1ccccc1. The fourth-order valence-electron chi connectivity index (χ4n) is 2.30. The van der Waals surface area contributed by atoms with E-state index in [0.29, 0.717) is 12.1 Å². The Morgan fingerprint density at radius 2 is 1.36 bits per heavy atom. The summed E-state index contributed by atoms with van der Waals surface area (Å²) < 4.78 is 0. The highest BCUT2D eigenvalue weighted by Gasteiger charge is 2.16. The van der Waals surface area contributed by atoms with Gasteiger partial charge in [-0.05, 0) is 37.1 Å². The first-order valence-corrected chi connectivity index (χ1v) is 8.34. The second kappa shape index (κ2) is 9.28. The number of hydrogen-bond acceptors (Lipinski definition) is 2. The lowest BCUT2D eigenvalue weighted by Crippen LogP contribution is -2.40. The molecule has 0 fully saturated rings. The zero-order valence-corrected chi connectivity index (χ0v) is 14.8. The lowest BCUT2D eigenvalue weighted by molar-refractivity contribution is -0.136. The standard InChI is InChI=1S/C22H24N2O/c1-4-24(22(25)19(2)3)23(17-15-20-11-7-5-8-12-20)18-16-21-13-9-6-10-14-21/h5-18H,2,4H2,1,3H3. The predicted octanol–water partition coefficient (Wildman–Crippen LogP) is 4.97. The molecule has 0 aliphatic heterocycles. The van der Waals surface area contributed by atoms with Gasteiger partial charge in [0.25, 0.3) is 5.91 Å². The minimum atomic E-state index is -0.0991. The summed E-state index contributed by atoms with van der Waals surface area (Å²) in [5.41, 5.74) is 2.65. The first-order valence-electron chi connectivity index (χ1n) is 8.34. The molecule has 0 bridgehead atoms. The van der Waals surface area contributed by atoms with Crippen LogP contribution in [0.15, 0.2) is 85.2 Å². The maximum atomic E-state index is 12.5. The van der Waals surface area contributed by atoms with Gasteiger partial charge in [-0.2, -0.15) is 0 Å². The number of rotatable bonds is 7. The molecule has 2 aromatic rings. The molecule has 0 saturated carbocycles. The molecule has 128 valence electrons. The molecule has 0 radical (unpaired) electrons. The topological polar surface area (TPSA) is 23.6 Å². The van der Waals surface area contributed by atoms with Crippen LogP contribution in [-0.4, -0.2) is 22.5 Å². The van der Waals surface area contributed by atoms with Gasteiger partial charge >= 0.3 is 0 Å². The first kappa shape index (κ1) is 18.3. The molecule has 0 saturated heterocycles. The van der Waals surface area contributed by atoms with E-state index in [9.17, 15) is 4.79 Å². The number of nitrogens with zero attached hydrogens (tertiary/aromatic N) is 2. The summed E-state index contributed by atoms with van der Waals surface area (Å²) in [4.78, 5) is 12.5. The summed E-state index contributed by atoms with van der Waals surface area (Å²) in [6.45, 7) is 7.99. The van der Waals surface area contributed by atoms with Gasteiger partial charge < -0.3 is 0 Å². The third-order valence-electron chi connectivity index (χ3n) is 3.62. The number of likely N-dealkylation sites (N-methyl/N-ethyl adjacent to an activating group) is 1. The average molecular weight is 332 g/mol. The molecular weight excluding hydrogens is 308 g/mol. The second-order valence-corrected chi connectivity index (χ2v) is 5.63. The minimum Gasteiger partial charge on any atom is -0.268 e. The van der Waals surface area contributed by atoms with Crippen LogP contribution in [0.4, 0.5) is 0 Å². The van der Waals surface area contributed by atoms with Crippen LogP contribution < -0.4 is 0 Å². The summed E-state index contributed by atoms with van der Waals surface area (Å²) in [5, 5.41) is 3.46. The van der Waals surface area contributed by atoms with Gasteiger partial charge in [0.2, 0.25) is 0 Å². The Morgan fingerprint density at radius 1 is 0.920 bits per heavy atom. The molecule has 2 aromatic carbocycles. The van der Waals surface area contributed by atoms with Gasteiger partial charge in [0.15, 0.2) is 0 Å². The summed E-state index contributed by atoms with van der Waals surface area (Å²) >= 11 is 0. The van der Waals surface area contributed by atoms with Crippen molar-refractivity contribution < 1.29 is 4.79 Å². The Hall–Kier alpha value is -3.07. The van der Waals surface area contributed by atoms with Crippen molar-refractivity contribution in [2.75, 3.05) is 6.54 Å². The van der Waals surface area contributed by atoms with E-state index < -0.39 is 0 Å². The number of hydrazine groups is 1. The molecule has 1 amide bonds. The highest BCUT2D eigenvalue weighted by atomic mass is 16.2. The highest BCUT2D eigenvalue weighted by Crippen LogP contribution is 2.11. The van der Waals surface area contributed by atoms with E-state index in [1.807, 2.05) is 92.1 Å². The molecule has 0 aliphatic rings. The maximum Gasteiger partial charge on any atom is 0.267 e. The molecule has 3 heteroatoms.